The summed E-state index contributed by atoms with van der Waals surface area (Å²) >= 11 is 7.07. The lowest BCUT2D eigenvalue weighted by Crippen LogP contribution is -2.35. The van der Waals surface area contributed by atoms with Crippen LogP contribution >= 0.6 is 22.9 Å². The molecule has 13 heteroatoms. The molecule has 3 heterocycles. The number of hydrogen-bond donors (Lipinski definition) is 0. The van der Waals surface area contributed by atoms with Gasteiger partial charge in [-0.25, -0.2) is 12.8 Å². The van der Waals surface area contributed by atoms with Crippen LogP contribution in [0.15, 0.2) is 33.7 Å². The van der Waals surface area contributed by atoms with Gasteiger partial charge >= 0.3 is 12.1 Å². The van der Waals surface area contributed by atoms with Crippen LogP contribution in [0.5, 0.6) is 0 Å². The summed E-state index contributed by atoms with van der Waals surface area (Å²) < 4.78 is 82.3. The second kappa shape index (κ2) is 7.04. The number of fused-ring (bicyclic) bond motifs is 1. The smallest absolute Gasteiger partial charge is 0.329 e. The molecule has 1 aliphatic heterocycles. The molecule has 0 spiro atoms. The molecule has 0 bridgehead atoms. The average Bonchev–Trinajstić information content (AvgIpc) is 3.27. The van der Waals surface area contributed by atoms with E-state index in [1.807, 2.05) is 0 Å². The summed E-state index contributed by atoms with van der Waals surface area (Å²) in [7, 11) is -3.98. The van der Waals surface area contributed by atoms with Gasteiger partial charge in [0.15, 0.2) is 0 Å². The minimum atomic E-state index is -4.75. The van der Waals surface area contributed by atoms with Gasteiger partial charge in [-0.15, -0.1) is 11.3 Å². The first-order valence-corrected chi connectivity index (χ1v) is 10.7. The molecule has 0 atom stereocenters. The van der Waals surface area contributed by atoms with Crippen molar-refractivity contribution in [2.75, 3.05) is 6.54 Å². The van der Waals surface area contributed by atoms with Crippen molar-refractivity contribution in [1.82, 2.24) is 14.4 Å². The minimum Gasteiger partial charge on any atom is -0.329 e. The average molecular weight is 468 g/mol. The van der Waals surface area contributed by atoms with Gasteiger partial charge in [0.25, 0.3) is 0 Å². The van der Waals surface area contributed by atoms with Crippen molar-refractivity contribution in [1.29, 1.82) is 0 Å². The number of nitrogens with zero attached hydrogens (tertiary/aromatic N) is 3. The normalized spacial score (nSPS) is 15.5. The quantitative estimate of drug-likeness (QED) is 0.535. The first kappa shape index (κ1) is 20.3. The van der Waals surface area contributed by atoms with Crippen LogP contribution in [0.1, 0.15) is 16.3 Å². The minimum absolute atomic E-state index is 0.00808. The molecule has 0 saturated carbocycles. The molecule has 29 heavy (non-hydrogen) atoms. The summed E-state index contributed by atoms with van der Waals surface area (Å²) in [5.41, 5.74) is 0.622. The maximum absolute atomic E-state index is 13.2. The zero-order chi connectivity index (χ0) is 21.0. The van der Waals surface area contributed by atoms with E-state index in [-0.39, 0.29) is 28.8 Å². The molecule has 6 nitrogen and oxygen atoms in total. The fraction of sp³-hybridized carbons (Fsp3) is 0.250. The molecule has 154 valence electrons. The third-order valence-corrected chi connectivity index (χ3v) is 7.79. The number of sulfonamides is 1. The summed E-state index contributed by atoms with van der Waals surface area (Å²) in [4.78, 5) is 4.29. The number of rotatable bonds is 3. The third kappa shape index (κ3) is 3.77. The van der Waals surface area contributed by atoms with E-state index in [1.165, 1.54) is 15.6 Å². The lowest BCUT2D eigenvalue weighted by Gasteiger charge is -2.26. The lowest BCUT2D eigenvalue weighted by molar-refractivity contribution is -0.159. The number of aromatic nitrogens is 2. The fourth-order valence-corrected chi connectivity index (χ4v) is 5.90. The van der Waals surface area contributed by atoms with E-state index in [4.69, 9.17) is 11.6 Å². The Hall–Kier alpha value is -2.02. The predicted molar refractivity (Wildman–Crippen MR) is 95.3 cm³/mol. The molecular weight excluding hydrogens is 458 g/mol. The zero-order valence-corrected chi connectivity index (χ0v) is 16.6. The molecule has 1 aromatic carbocycles. The summed E-state index contributed by atoms with van der Waals surface area (Å²) in [6.45, 7) is 0.134. The Morgan fingerprint density at radius 3 is 2.66 bits per heavy atom. The molecule has 0 radical (unpaired) electrons. The van der Waals surface area contributed by atoms with Gasteiger partial charge in [0, 0.05) is 18.0 Å². The van der Waals surface area contributed by atoms with Gasteiger partial charge in [-0.05, 0) is 36.2 Å². The van der Waals surface area contributed by atoms with Gasteiger partial charge < -0.3 is 4.52 Å². The van der Waals surface area contributed by atoms with E-state index in [2.05, 4.69) is 14.7 Å². The van der Waals surface area contributed by atoms with Crippen molar-refractivity contribution in [3.8, 4) is 10.7 Å². The van der Waals surface area contributed by atoms with Crippen molar-refractivity contribution in [2.24, 2.45) is 0 Å². The van der Waals surface area contributed by atoms with E-state index in [0.717, 1.165) is 23.1 Å². The Labute approximate surface area is 170 Å². The van der Waals surface area contributed by atoms with Crippen LogP contribution in [-0.2, 0) is 29.2 Å². The molecule has 3 aromatic rings. The van der Waals surface area contributed by atoms with Gasteiger partial charge in [0.2, 0.25) is 15.8 Å². The van der Waals surface area contributed by atoms with Gasteiger partial charge in [-0.2, -0.15) is 22.5 Å². The molecule has 0 fully saturated rings. The van der Waals surface area contributed by atoms with Gasteiger partial charge in [-0.1, -0.05) is 16.8 Å². The highest BCUT2D eigenvalue weighted by Crippen LogP contribution is 2.37. The Kier molecular flexibility index (Phi) is 4.92. The maximum atomic E-state index is 13.2. The number of alkyl halides is 3. The second-order valence-electron chi connectivity index (χ2n) is 6.14. The van der Waals surface area contributed by atoms with E-state index in [0.29, 0.717) is 16.9 Å². The highest BCUT2D eigenvalue weighted by atomic mass is 35.5. The van der Waals surface area contributed by atoms with E-state index in [1.54, 1.807) is 6.07 Å². The number of halogens is 5. The van der Waals surface area contributed by atoms with Crippen LogP contribution in [0.25, 0.3) is 10.7 Å². The third-order valence-electron chi connectivity index (χ3n) is 4.23. The number of benzene rings is 1. The molecule has 0 saturated heterocycles. The highest BCUT2D eigenvalue weighted by molar-refractivity contribution is 7.89. The van der Waals surface area contributed by atoms with Crippen LogP contribution in [-0.4, -0.2) is 29.4 Å². The van der Waals surface area contributed by atoms with E-state index < -0.39 is 27.9 Å². The van der Waals surface area contributed by atoms with Crippen LogP contribution in [0.3, 0.4) is 0 Å². The standard InChI is InChI=1S/C16H10ClF4N3O3S2/c17-10-6-9(18)1-2-13(10)29(25,26)24-4-3-11-8(7-24)5-12(28-11)14-22-15(27-23-14)16(19,20)21/h1-2,5-6H,3-4,7H2. The van der Waals surface area contributed by atoms with E-state index in [9.17, 15) is 26.0 Å². The van der Waals surface area contributed by atoms with Crippen molar-refractivity contribution < 1.29 is 30.5 Å². The summed E-state index contributed by atoms with van der Waals surface area (Å²) in [6.07, 6.45) is -4.40. The van der Waals surface area contributed by atoms with Crippen molar-refractivity contribution >= 4 is 33.0 Å². The Morgan fingerprint density at radius 1 is 1.24 bits per heavy atom. The first-order valence-electron chi connectivity index (χ1n) is 8.04. The first-order chi connectivity index (χ1) is 13.6. The zero-order valence-electron chi connectivity index (χ0n) is 14.2. The van der Waals surface area contributed by atoms with Gasteiger partial charge in [-0.3, -0.25) is 0 Å². The number of thiophene rings is 1. The van der Waals surface area contributed by atoms with Crippen LogP contribution < -0.4 is 0 Å². The topological polar surface area (TPSA) is 76.3 Å². The van der Waals surface area contributed by atoms with Crippen LogP contribution in [0, 0.1) is 5.82 Å². The Bertz CT molecular complexity index is 1190. The molecule has 0 amide bonds. The second-order valence-corrected chi connectivity index (χ2v) is 9.59. The molecular formula is C16H10ClF4N3O3S2. The fourth-order valence-electron chi connectivity index (χ4n) is 2.88. The predicted octanol–water partition coefficient (Wildman–Crippen LogP) is 4.36. The lowest BCUT2D eigenvalue weighted by atomic mass is 10.1. The van der Waals surface area contributed by atoms with Crippen LogP contribution in [0.2, 0.25) is 5.02 Å². The number of hydrogen-bond acceptors (Lipinski definition) is 6. The van der Waals surface area contributed by atoms with Crippen molar-refractivity contribution in [3.63, 3.8) is 0 Å². The van der Waals surface area contributed by atoms with Crippen molar-refractivity contribution in [3.05, 3.63) is 51.4 Å². The van der Waals surface area contributed by atoms with Crippen molar-refractivity contribution in [2.45, 2.75) is 24.0 Å². The largest absolute Gasteiger partial charge is 0.471 e. The van der Waals surface area contributed by atoms with Gasteiger partial charge in [0.05, 0.1) is 9.90 Å². The van der Waals surface area contributed by atoms with Gasteiger partial charge in [0.1, 0.15) is 10.7 Å². The Balaban J connectivity index is 1.62. The van der Waals surface area contributed by atoms with E-state index >= 15 is 0 Å². The monoisotopic (exact) mass is 467 g/mol. The highest BCUT2D eigenvalue weighted by Gasteiger charge is 2.39. The molecule has 1 aliphatic rings. The molecule has 4 rings (SSSR count). The molecule has 0 N–H and O–H groups in total. The molecule has 0 unspecified atom stereocenters. The maximum Gasteiger partial charge on any atom is 0.471 e. The summed E-state index contributed by atoms with van der Waals surface area (Å²) in [5.74, 6) is -2.32. The summed E-state index contributed by atoms with van der Waals surface area (Å²) in [5, 5.41) is 3.12. The Morgan fingerprint density at radius 2 is 2.00 bits per heavy atom. The van der Waals surface area contributed by atoms with Crippen LogP contribution in [0.4, 0.5) is 17.6 Å². The molecule has 2 aromatic heterocycles. The summed E-state index contributed by atoms with van der Waals surface area (Å²) in [6, 6.07) is 4.56. The molecule has 0 aliphatic carbocycles. The SMILES string of the molecule is O=S(=O)(c1ccc(F)cc1Cl)N1CCc2sc(-c3noc(C(F)(F)F)n3)cc2C1.